The molecule has 0 aliphatic rings. The van der Waals surface area contributed by atoms with E-state index in [1.807, 2.05) is 24.3 Å². The molecule has 0 saturated carbocycles. The van der Waals surface area contributed by atoms with Gasteiger partial charge in [-0.1, -0.05) is 28.1 Å². The molecule has 0 fully saturated rings. The largest absolute Gasteiger partial charge is 0.394 e. The van der Waals surface area contributed by atoms with Crippen LogP contribution in [-0.2, 0) is 0 Å². The highest BCUT2D eigenvalue weighted by molar-refractivity contribution is 9.10. The molecule has 1 heterocycles. The van der Waals surface area contributed by atoms with E-state index in [0.717, 1.165) is 10.2 Å². The standard InChI is InChI=1S/C16H14BrFN6/c17-10-3-1-5-12(7-10)22-16-21-9-14(19)15(23-16)24(20)13-6-2-4-11(18)8-13/h1-9H,19-20H2,(H,21,22,23). The van der Waals surface area contributed by atoms with Crippen LogP contribution in [0, 0.1) is 5.82 Å². The van der Waals surface area contributed by atoms with E-state index in [4.69, 9.17) is 11.6 Å². The molecule has 0 saturated heterocycles. The van der Waals surface area contributed by atoms with Gasteiger partial charge in [-0.2, -0.15) is 4.98 Å². The van der Waals surface area contributed by atoms with Crippen molar-refractivity contribution in [2.75, 3.05) is 16.1 Å². The third kappa shape index (κ3) is 3.61. The minimum Gasteiger partial charge on any atom is -0.394 e. The van der Waals surface area contributed by atoms with Crippen LogP contribution in [0.1, 0.15) is 0 Å². The Morgan fingerprint density at radius 1 is 1.12 bits per heavy atom. The molecule has 5 N–H and O–H groups in total. The van der Waals surface area contributed by atoms with Gasteiger partial charge < -0.3 is 11.1 Å². The number of anilines is 5. The maximum Gasteiger partial charge on any atom is 0.229 e. The minimum atomic E-state index is -0.400. The second-order valence-corrected chi connectivity index (χ2v) is 5.87. The van der Waals surface area contributed by atoms with Crippen molar-refractivity contribution < 1.29 is 4.39 Å². The van der Waals surface area contributed by atoms with Crippen LogP contribution in [0.5, 0.6) is 0 Å². The van der Waals surface area contributed by atoms with Crippen LogP contribution in [0.15, 0.2) is 59.2 Å². The number of benzene rings is 2. The van der Waals surface area contributed by atoms with Crippen molar-refractivity contribution >= 4 is 44.8 Å². The van der Waals surface area contributed by atoms with Crippen molar-refractivity contribution in [2.45, 2.75) is 0 Å². The highest BCUT2D eigenvalue weighted by Gasteiger charge is 2.13. The first-order valence-corrected chi connectivity index (χ1v) is 7.78. The van der Waals surface area contributed by atoms with Gasteiger partial charge in [-0.25, -0.2) is 15.2 Å². The Labute approximate surface area is 146 Å². The van der Waals surface area contributed by atoms with Gasteiger partial charge in [-0.05, 0) is 36.4 Å². The fourth-order valence-corrected chi connectivity index (χ4v) is 2.48. The zero-order chi connectivity index (χ0) is 17.1. The van der Waals surface area contributed by atoms with Crippen molar-refractivity contribution in [3.8, 4) is 0 Å². The third-order valence-corrected chi connectivity index (χ3v) is 3.68. The third-order valence-electron chi connectivity index (χ3n) is 3.19. The molecule has 0 aliphatic carbocycles. The molecule has 0 spiro atoms. The normalized spacial score (nSPS) is 10.5. The Morgan fingerprint density at radius 3 is 2.67 bits per heavy atom. The van der Waals surface area contributed by atoms with E-state index in [1.165, 1.54) is 23.3 Å². The summed E-state index contributed by atoms with van der Waals surface area (Å²) < 4.78 is 14.3. The molecular formula is C16H14BrFN6. The predicted octanol–water partition coefficient (Wildman–Crippen LogP) is 3.72. The van der Waals surface area contributed by atoms with Crippen molar-refractivity contribution in [3.63, 3.8) is 0 Å². The fourth-order valence-electron chi connectivity index (χ4n) is 2.08. The van der Waals surface area contributed by atoms with Crippen LogP contribution in [0.3, 0.4) is 0 Å². The number of nitrogens with one attached hydrogen (secondary N) is 1. The minimum absolute atomic E-state index is 0.271. The smallest absolute Gasteiger partial charge is 0.229 e. The van der Waals surface area contributed by atoms with Crippen LogP contribution >= 0.6 is 15.9 Å². The van der Waals surface area contributed by atoms with Crippen LogP contribution < -0.4 is 21.9 Å². The van der Waals surface area contributed by atoms with Gasteiger partial charge in [0.25, 0.3) is 0 Å². The van der Waals surface area contributed by atoms with Gasteiger partial charge in [0.05, 0.1) is 17.6 Å². The zero-order valence-corrected chi connectivity index (χ0v) is 14.0. The average molecular weight is 389 g/mol. The molecule has 0 amide bonds. The van der Waals surface area contributed by atoms with Gasteiger partial charge in [-0.15, -0.1) is 0 Å². The molecule has 0 unspecified atom stereocenters. The molecule has 0 bridgehead atoms. The molecule has 3 rings (SSSR count). The highest BCUT2D eigenvalue weighted by Crippen LogP contribution is 2.27. The van der Waals surface area contributed by atoms with E-state index < -0.39 is 5.82 Å². The number of nitrogen functional groups attached to an aromatic ring is 1. The summed E-state index contributed by atoms with van der Waals surface area (Å²) in [5.41, 5.74) is 7.41. The van der Waals surface area contributed by atoms with Crippen LogP contribution in [0.4, 0.5) is 33.2 Å². The number of nitrogens with two attached hydrogens (primary N) is 2. The van der Waals surface area contributed by atoms with Crippen molar-refractivity contribution in [3.05, 3.63) is 65.0 Å². The van der Waals surface area contributed by atoms with E-state index in [0.29, 0.717) is 11.6 Å². The summed E-state index contributed by atoms with van der Waals surface area (Å²) in [7, 11) is 0. The van der Waals surface area contributed by atoms with Crippen LogP contribution in [0.2, 0.25) is 0 Å². The molecule has 24 heavy (non-hydrogen) atoms. The molecule has 0 atom stereocenters. The fraction of sp³-hybridized carbons (Fsp3) is 0. The molecule has 122 valence electrons. The summed E-state index contributed by atoms with van der Waals surface area (Å²) in [5.74, 6) is 6.23. The van der Waals surface area contributed by atoms with E-state index in [1.54, 1.807) is 12.1 Å². The predicted molar refractivity (Wildman–Crippen MR) is 96.6 cm³/mol. The molecule has 0 radical (unpaired) electrons. The van der Waals surface area contributed by atoms with Crippen molar-refractivity contribution in [2.24, 2.45) is 5.84 Å². The van der Waals surface area contributed by atoms with Gasteiger partial charge in [0.2, 0.25) is 5.95 Å². The van der Waals surface area contributed by atoms with E-state index in [9.17, 15) is 4.39 Å². The van der Waals surface area contributed by atoms with Gasteiger partial charge in [0.15, 0.2) is 5.82 Å². The number of rotatable bonds is 4. The first kappa shape index (κ1) is 16.2. The number of hydrazine groups is 1. The lowest BCUT2D eigenvalue weighted by Gasteiger charge is -2.19. The Kier molecular flexibility index (Phi) is 4.59. The van der Waals surface area contributed by atoms with Crippen LogP contribution in [0.25, 0.3) is 0 Å². The lowest BCUT2D eigenvalue weighted by molar-refractivity contribution is 0.627. The summed E-state index contributed by atoms with van der Waals surface area (Å²) in [4.78, 5) is 8.46. The molecule has 3 aromatic rings. The average Bonchev–Trinajstić information content (AvgIpc) is 2.56. The summed E-state index contributed by atoms with van der Waals surface area (Å²) in [6.07, 6.45) is 1.45. The van der Waals surface area contributed by atoms with Crippen molar-refractivity contribution in [1.29, 1.82) is 0 Å². The quantitative estimate of drug-likeness (QED) is 0.465. The highest BCUT2D eigenvalue weighted by atomic mass is 79.9. The van der Waals surface area contributed by atoms with Gasteiger partial charge in [-0.3, -0.25) is 5.01 Å². The van der Waals surface area contributed by atoms with E-state index in [-0.39, 0.29) is 11.5 Å². The van der Waals surface area contributed by atoms with Gasteiger partial charge >= 0.3 is 0 Å². The molecule has 0 aliphatic heterocycles. The van der Waals surface area contributed by atoms with Gasteiger partial charge in [0, 0.05) is 10.2 Å². The van der Waals surface area contributed by atoms with Gasteiger partial charge in [0.1, 0.15) is 5.82 Å². The zero-order valence-electron chi connectivity index (χ0n) is 12.4. The first-order chi connectivity index (χ1) is 11.5. The molecular weight excluding hydrogens is 375 g/mol. The second kappa shape index (κ2) is 6.81. The maximum atomic E-state index is 13.4. The summed E-state index contributed by atoms with van der Waals surface area (Å²) in [6.45, 7) is 0. The molecule has 8 heteroatoms. The Morgan fingerprint density at radius 2 is 1.92 bits per heavy atom. The monoisotopic (exact) mass is 388 g/mol. The topological polar surface area (TPSA) is 93.1 Å². The Hall–Kier alpha value is -2.71. The number of hydrogen-bond acceptors (Lipinski definition) is 6. The molecule has 6 nitrogen and oxygen atoms in total. The maximum absolute atomic E-state index is 13.4. The SMILES string of the molecule is Nc1cnc(Nc2cccc(Br)c2)nc1N(N)c1cccc(F)c1. The summed E-state index contributed by atoms with van der Waals surface area (Å²) in [5, 5.41) is 4.28. The van der Waals surface area contributed by atoms with Crippen molar-refractivity contribution in [1.82, 2.24) is 9.97 Å². The summed E-state index contributed by atoms with van der Waals surface area (Å²) >= 11 is 3.40. The first-order valence-electron chi connectivity index (χ1n) is 6.98. The molecule has 1 aromatic heterocycles. The Bertz CT molecular complexity index is 873. The lowest BCUT2D eigenvalue weighted by atomic mass is 10.3. The lowest BCUT2D eigenvalue weighted by Crippen LogP contribution is -2.27. The van der Waals surface area contributed by atoms with Crippen LogP contribution in [-0.4, -0.2) is 9.97 Å². The molecule has 2 aromatic carbocycles. The van der Waals surface area contributed by atoms with E-state index >= 15 is 0 Å². The number of hydrogen-bond donors (Lipinski definition) is 3. The number of aromatic nitrogens is 2. The Balaban J connectivity index is 1.91. The summed E-state index contributed by atoms with van der Waals surface area (Å²) in [6, 6.07) is 13.4. The van der Waals surface area contributed by atoms with E-state index in [2.05, 4.69) is 31.2 Å². The number of halogens is 2. The second-order valence-electron chi connectivity index (χ2n) is 4.96. The number of nitrogens with zero attached hydrogens (tertiary/aromatic N) is 3.